The van der Waals surface area contributed by atoms with Crippen LogP contribution in [0.25, 0.3) is 0 Å². The minimum Gasteiger partial charge on any atom is -0.462 e. The van der Waals surface area contributed by atoms with Crippen LogP contribution in [0.1, 0.15) is 350 Å². The molecular weight excluding hydrogens is 1160 g/mol. The lowest BCUT2D eigenvalue weighted by Gasteiger charge is -2.21. The Bertz CT molecular complexity index is 1720. The van der Waals surface area contributed by atoms with Crippen LogP contribution in [-0.2, 0) is 65.4 Å². The number of carbonyl (C=O) groups excluding carboxylic acids is 4. The topological polar surface area (TPSA) is 237 Å². The summed E-state index contributed by atoms with van der Waals surface area (Å²) in [6.07, 6.45) is 45.8. The minimum atomic E-state index is -4.95. The van der Waals surface area contributed by atoms with E-state index < -0.39 is 97.5 Å². The average Bonchev–Trinajstić information content (AvgIpc) is 3.62. The number of unbranched alkanes of at least 4 members (excludes halogenated alkanes) is 37. The molecule has 0 heterocycles. The second-order valence-electron chi connectivity index (χ2n) is 25.6. The van der Waals surface area contributed by atoms with Crippen molar-refractivity contribution in [2.45, 2.75) is 368 Å². The maximum absolute atomic E-state index is 13.0. The van der Waals surface area contributed by atoms with Crippen molar-refractivity contribution in [3.8, 4) is 0 Å². The van der Waals surface area contributed by atoms with E-state index in [1.165, 1.54) is 161 Å². The molecule has 19 heteroatoms. The summed E-state index contributed by atoms with van der Waals surface area (Å²) < 4.78 is 68.1. The predicted octanol–water partition coefficient (Wildman–Crippen LogP) is 19.6. The van der Waals surface area contributed by atoms with Gasteiger partial charge in [0, 0.05) is 25.7 Å². The molecule has 0 bridgehead atoms. The van der Waals surface area contributed by atoms with Crippen LogP contribution in [0.15, 0.2) is 0 Å². The Kier molecular flexibility index (Phi) is 59.9. The van der Waals surface area contributed by atoms with Crippen molar-refractivity contribution in [3.05, 3.63) is 0 Å². The molecular formula is C69H134O17P2. The van der Waals surface area contributed by atoms with E-state index in [-0.39, 0.29) is 25.7 Å². The first-order valence-corrected chi connectivity index (χ1v) is 39.0. The first-order chi connectivity index (χ1) is 42.4. The fourth-order valence-electron chi connectivity index (χ4n) is 10.4. The standard InChI is InChI=1S/C69H134O17P2/c1-7-10-12-14-16-18-27-35-41-47-53-68(73)85-64(57-79-66(71)51-45-39-33-17-15-13-11-8-2)59-83-87(75,76)81-55-63(70)56-82-88(77,78)84-60-65(58-80-67(72)52-46-40-34-30-29-32-38-44-50-62(6)9-3)86-69(74)54-48-42-36-28-25-23-21-19-20-22-24-26-31-37-43-49-61(4)5/h61-65,70H,7-60H2,1-6H3,(H,75,76)(H,77,78)/t62?,63-,64+,65+/m0/s1. The van der Waals surface area contributed by atoms with Crippen molar-refractivity contribution >= 4 is 39.5 Å². The number of carbonyl (C=O) groups is 4. The first kappa shape index (κ1) is 86.1. The van der Waals surface area contributed by atoms with Crippen LogP contribution in [0.3, 0.4) is 0 Å². The van der Waals surface area contributed by atoms with Crippen molar-refractivity contribution in [2.24, 2.45) is 11.8 Å². The fourth-order valence-corrected chi connectivity index (χ4v) is 12.0. The van der Waals surface area contributed by atoms with Crippen LogP contribution in [0.4, 0.5) is 0 Å². The Morgan fingerprint density at radius 3 is 0.864 bits per heavy atom. The lowest BCUT2D eigenvalue weighted by Crippen LogP contribution is -2.30. The highest BCUT2D eigenvalue weighted by molar-refractivity contribution is 7.47. The molecule has 3 unspecified atom stereocenters. The van der Waals surface area contributed by atoms with Gasteiger partial charge in [0.15, 0.2) is 12.2 Å². The van der Waals surface area contributed by atoms with Crippen LogP contribution in [-0.4, -0.2) is 96.7 Å². The molecule has 0 saturated carbocycles. The zero-order valence-electron chi connectivity index (χ0n) is 57.0. The molecule has 0 amide bonds. The molecule has 0 aromatic heterocycles. The molecule has 522 valence electrons. The van der Waals surface area contributed by atoms with E-state index >= 15 is 0 Å². The van der Waals surface area contributed by atoms with Crippen molar-refractivity contribution < 1.29 is 80.2 Å². The predicted molar refractivity (Wildman–Crippen MR) is 354 cm³/mol. The normalized spacial score (nSPS) is 14.5. The summed E-state index contributed by atoms with van der Waals surface area (Å²) in [5.74, 6) is -0.548. The van der Waals surface area contributed by atoms with Crippen molar-refractivity contribution in [2.75, 3.05) is 39.6 Å². The van der Waals surface area contributed by atoms with Gasteiger partial charge in [-0.3, -0.25) is 37.3 Å². The molecule has 3 N–H and O–H groups in total. The average molecular weight is 1300 g/mol. The largest absolute Gasteiger partial charge is 0.472 e. The van der Waals surface area contributed by atoms with E-state index in [0.717, 1.165) is 108 Å². The maximum atomic E-state index is 13.0. The van der Waals surface area contributed by atoms with Gasteiger partial charge in [-0.1, -0.05) is 298 Å². The second-order valence-corrected chi connectivity index (χ2v) is 28.5. The summed E-state index contributed by atoms with van der Waals surface area (Å²) in [5, 5.41) is 10.6. The molecule has 0 aromatic rings. The first-order valence-electron chi connectivity index (χ1n) is 36.0. The summed E-state index contributed by atoms with van der Waals surface area (Å²) >= 11 is 0. The number of aliphatic hydroxyl groups excluding tert-OH is 1. The van der Waals surface area contributed by atoms with Gasteiger partial charge in [0.1, 0.15) is 19.3 Å². The van der Waals surface area contributed by atoms with Gasteiger partial charge in [-0.05, 0) is 37.5 Å². The van der Waals surface area contributed by atoms with Crippen LogP contribution in [0.5, 0.6) is 0 Å². The molecule has 6 atom stereocenters. The van der Waals surface area contributed by atoms with Crippen molar-refractivity contribution in [3.63, 3.8) is 0 Å². The number of hydrogen-bond donors (Lipinski definition) is 3. The summed E-state index contributed by atoms with van der Waals surface area (Å²) in [6.45, 7) is 9.53. The van der Waals surface area contributed by atoms with Gasteiger partial charge >= 0.3 is 39.5 Å². The molecule has 0 saturated heterocycles. The lowest BCUT2D eigenvalue weighted by atomic mass is 9.99. The number of ether oxygens (including phenoxy) is 4. The number of phosphoric ester groups is 2. The maximum Gasteiger partial charge on any atom is 0.472 e. The van der Waals surface area contributed by atoms with Gasteiger partial charge in [0.05, 0.1) is 26.4 Å². The molecule has 17 nitrogen and oxygen atoms in total. The third kappa shape index (κ3) is 61.6. The molecule has 0 aliphatic carbocycles. The SMILES string of the molecule is CCCCCCCCCCCCC(=O)O[C@H](COC(=O)CCCCCCCCCC)COP(=O)(O)OC[C@H](O)COP(=O)(O)OC[C@@H](COC(=O)CCCCCCCCCCC(C)CC)OC(=O)CCCCCCCCCCCCCCCCCC(C)C. The summed E-state index contributed by atoms with van der Waals surface area (Å²) in [4.78, 5) is 72.4. The zero-order chi connectivity index (χ0) is 65.0. The van der Waals surface area contributed by atoms with E-state index in [0.29, 0.717) is 25.7 Å². The van der Waals surface area contributed by atoms with Crippen LogP contribution >= 0.6 is 15.6 Å². The highest BCUT2D eigenvalue weighted by Gasteiger charge is 2.30. The van der Waals surface area contributed by atoms with Gasteiger partial charge in [-0.2, -0.15) is 0 Å². The van der Waals surface area contributed by atoms with Crippen molar-refractivity contribution in [1.29, 1.82) is 0 Å². The summed E-state index contributed by atoms with van der Waals surface area (Å²) in [5.41, 5.74) is 0. The number of esters is 4. The monoisotopic (exact) mass is 1300 g/mol. The van der Waals surface area contributed by atoms with E-state index in [1.807, 2.05) is 0 Å². The Labute approximate surface area is 537 Å². The van der Waals surface area contributed by atoms with E-state index in [2.05, 4.69) is 41.5 Å². The molecule has 0 aliphatic heterocycles. The molecule has 0 radical (unpaired) electrons. The van der Waals surface area contributed by atoms with Gasteiger partial charge in [0.2, 0.25) is 0 Å². The van der Waals surface area contributed by atoms with E-state index in [1.54, 1.807) is 0 Å². The smallest absolute Gasteiger partial charge is 0.462 e. The van der Waals surface area contributed by atoms with E-state index in [9.17, 15) is 43.2 Å². The number of phosphoric acid groups is 2. The van der Waals surface area contributed by atoms with Crippen LogP contribution < -0.4 is 0 Å². The third-order valence-electron chi connectivity index (χ3n) is 16.3. The van der Waals surface area contributed by atoms with Gasteiger partial charge in [-0.25, -0.2) is 9.13 Å². The Morgan fingerprint density at radius 2 is 0.580 bits per heavy atom. The van der Waals surface area contributed by atoms with Gasteiger partial charge in [0.25, 0.3) is 0 Å². The van der Waals surface area contributed by atoms with E-state index in [4.69, 9.17) is 37.0 Å². The Balaban J connectivity index is 5.20. The second kappa shape index (κ2) is 61.3. The number of rotatable bonds is 68. The molecule has 0 fully saturated rings. The highest BCUT2D eigenvalue weighted by Crippen LogP contribution is 2.45. The van der Waals surface area contributed by atoms with Crippen LogP contribution in [0, 0.1) is 11.8 Å². The quantitative estimate of drug-likeness (QED) is 0.0222. The Hall–Kier alpha value is -1.94. The molecule has 0 aliphatic rings. The van der Waals surface area contributed by atoms with Crippen LogP contribution in [0.2, 0.25) is 0 Å². The van der Waals surface area contributed by atoms with Gasteiger partial charge in [-0.15, -0.1) is 0 Å². The third-order valence-corrected chi connectivity index (χ3v) is 18.2. The number of aliphatic hydroxyl groups is 1. The zero-order valence-corrected chi connectivity index (χ0v) is 58.8. The molecule has 0 rings (SSSR count). The molecule has 0 spiro atoms. The van der Waals surface area contributed by atoms with Crippen molar-refractivity contribution in [1.82, 2.24) is 0 Å². The highest BCUT2D eigenvalue weighted by atomic mass is 31.2. The lowest BCUT2D eigenvalue weighted by molar-refractivity contribution is -0.161. The Morgan fingerprint density at radius 1 is 0.330 bits per heavy atom. The summed E-state index contributed by atoms with van der Waals surface area (Å²) in [6, 6.07) is 0. The fraction of sp³-hybridized carbons (Fsp3) is 0.942. The molecule has 0 aromatic carbocycles. The van der Waals surface area contributed by atoms with Gasteiger partial charge < -0.3 is 33.8 Å². The number of hydrogen-bond acceptors (Lipinski definition) is 15. The molecule has 88 heavy (non-hydrogen) atoms. The minimum absolute atomic E-state index is 0.106. The summed E-state index contributed by atoms with van der Waals surface area (Å²) in [7, 11) is -9.89.